The van der Waals surface area contributed by atoms with Gasteiger partial charge in [0.15, 0.2) is 0 Å². The van der Waals surface area contributed by atoms with Crippen LogP contribution in [0.1, 0.15) is 25.7 Å². The van der Waals surface area contributed by atoms with Crippen molar-refractivity contribution in [3.05, 3.63) is 28.2 Å². The first-order valence-corrected chi connectivity index (χ1v) is 8.44. The number of benzene rings is 1. The van der Waals surface area contributed by atoms with E-state index in [0.29, 0.717) is 54.8 Å². The van der Waals surface area contributed by atoms with E-state index in [9.17, 15) is 9.59 Å². The van der Waals surface area contributed by atoms with E-state index in [1.807, 2.05) is 0 Å². The van der Waals surface area contributed by atoms with Crippen LogP contribution < -0.4 is 10.1 Å². The largest absolute Gasteiger partial charge is 0.492 e. The summed E-state index contributed by atoms with van der Waals surface area (Å²) in [5.74, 6) is 0.676. The molecule has 2 amide bonds. The SMILES string of the molecule is O=C(CCN1CCCC1=O)NCCCOc1ccc(Cl)cc1Cl. The molecule has 2 rings (SSSR count). The number of carbonyl (C=O) groups excluding carboxylic acids is 2. The lowest BCUT2D eigenvalue weighted by Crippen LogP contribution is -2.32. The zero-order valence-corrected chi connectivity index (χ0v) is 14.3. The van der Waals surface area contributed by atoms with E-state index >= 15 is 0 Å². The van der Waals surface area contributed by atoms with Crippen LogP contribution in [-0.4, -0.2) is 43.0 Å². The van der Waals surface area contributed by atoms with E-state index in [2.05, 4.69) is 5.32 Å². The predicted octanol–water partition coefficient (Wildman–Crippen LogP) is 2.89. The van der Waals surface area contributed by atoms with Crippen molar-refractivity contribution in [1.29, 1.82) is 0 Å². The summed E-state index contributed by atoms with van der Waals surface area (Å²) in [4.78, 5) is 24.9. The summed E-state index contributed by atoms with van der Waals surface area (Å²) in [5.41, 5.74) is 0. The van der Waals surface area contributed by atoms with Crippen LogP contribution in [-0.2, 0) is 9.59 Å². The second-order valence-corrected chi connectivity index (χ2v) is 6.20. The fourth-order valence-corrected chi connectivity index (χ4v) is 2.80. The number of likely N-dealkylation sites (tertiary alicyclic amines) is 1. The van der Waals surface area contributed by atoms with Crippen LogP contribution in [0.3, 0.4) is 0 Å². The number of halogens is 2. The van der Waals surface area contributed by atoms with Gasteiger partial charge in [0.25, 0.3) is 0 Å². The van der Waals surface area contributed by atoms with E-state index in [0.717, 1.165) is 13.0 Å². The van der Waals surface area contributed by atoms with Gasteiger partial charge in [0, 0.05) is 37.5 Å². The third-order valence-electron chi connectivity index (χ3n) is 3.57. The molecule has 1 fully saturated rings. The molecule has 0 bridgehead atoms. The predicted molar refractivity (Wildman–Crippen MR) is 90.0 cm³/mol. The molecule has 0 aromatic heterocycles. The van der Waals surface area contributed by atoms with E-state index in [1.165, 1.54) is 0 Å². The molecule has 1 heterocycles. The summed E-state index contributed by atoms with van der Waals surface area (Å²) in [5, 5.41) is 3.85. The van der Waals surface area contributed by atoms with Crippen LogP contribution in [0.25, 0.3) is 0 Å². The first kappa shape index (κ1) is 17.9. The highest BCUT2D eigenvalue weighted by molar-refractivity contribution is 6.35. The van der Waals surface area contributed by atoms with Crippen molar-refractivity contribution in [3.8, 4) is 5.75 Å². The maximum atomic E-state index is 11.7. The second-order valence-electron chi connectivity index (χ2n) is 5.36. The van der Waals surface area contributed by atoms with E-state index < -0.39 is 0 Å². The molecular formula is C16H20Cl2N2O3. The number of ether oxygens (including phenoxy) is 1. The Bertz CT molecular complexity index is 566. The summed E-state index contributed by atoms with van der Waals surface area (Å²) in [6.45, 7) is 2.24. The van der Waals surface area contributed by atoms with Crippen molar-refractivity contribution in [2.45, 2.75) is 25.7 Å². The Labute approximate surface area is 145 Å². The van der Waals surface area contributed by atoms with Crippen molar-refractivity contribution in [1.82, 2.24) is 10.2 Å². The van der Waals surface area contributed by atoms with Crippen molar-refractivity contribution >= 4 is 35.0 Å². The average Bonchev–Trinajstić information content (AvgIpc) is 2.92. The van der Waals surface area contributed by atoms with Gasteiger partial charge in [0.1, 0.15) is 5.75 Å². The van der Waals surface area contributed by atoms with Gasteiger partial charge in [-0.2, -0.15) is 0 Å². The lowest BCUT2D eigenvalue weighted by molar-refractivity contribution is -0.128. The molecule has 1 aromatic carbocycles. The molecule has 126 valence electrons. The van der Waals surface area contributed by atoms with E-state index in [-0.39, 0.29) is 11.8 Å². The molecule has 5 nitrogen and oxygen atoms in total. The number of hydrogen-bond acceptors (Lipinski definition) is 3. The molecule has 1 aliphatic heterocycles. The highest BCUT2D eigenvalue weighted by atomic mass is 35.5. The Kier molecular flexibility index (Phi) is 6.99. The number of carbonyl (C=O) groups is 2. The van der Waals surface area contributed by atoms with Gasteiger partial charge in [-0.3, -0.25) is 9.59 Å². The summed E-state index contributed by atoms with van der Waals surface area (Å²) < 4.78 is 5.53. The van der Waals surface area contributed by atoms with Gasteiger partial charge < -0.3 is 15.0 Å². The number of amides is 2. The normalized spacial score (nSPS) is 14.2. The summed E-state index contributed by atoms with van der Waals surface area (Å²) in [6.07, 6.45) is 2.51. The minimum absolute atomic E-state index is 0.0470. The van der Waals surface area contributed by atoms with Gasteiger partial charge in [-0.15, -0.1) is 0 Å². The van der Waals surface area contributed by atoms with Crippen LogP contribution >= 0.6 is 23.2 Å². The molecular weight excluding hydrogens is 339 g/mol. The molecule has 0 atom stereocenters. The monoisotopic (exact) mass is 358 g/mol. The zero-order valence-electron chi connectivity index (χ0n) is 12.8. The Morgan fingerprint density at radius 1 is 1.35 bits per heavy atom. The standard InChI is InChI=1S/C16H20Cl2N2O3/c17-12-4-5-14(13(18)11-12)23-10-2-7-19-15(21)6-9-20-8-1-3-16(20)22/h4-5,11H,1-3,6-10H2,(H,19,21). The molecule has 0 aliphatic carbocycles. The maximum Gasteiger partial charge on any atom is 0.222 e. The van der Waals surface area contributed by atoms with Gasteiger partial charge in [-0.1, -0.05) is 23.2 Å². The van der Waals surface area contributed by atoms with Gasteiger partial charge >= 0.3 is 0 Å². The first-order valence-electron chi connectivity index (χ1n) is 7.68. The Hall–Kier alpha value is -1.46. The highest BCUT2D eigenvalue weighted by Crippen LogP contribution is 2.27. The lowest BCUT2D eigenvalue weighted by Gasteiger charge is -2.15. The maximum absolute atomic E-state index is 11.7. The zero-order chi connectivity index (χ0) is 16.7. The molecule has 0 unspecified atom stereocenters. The molecule has 1 aromatic rings. The summed E-state index contributed by atoms with van der Waals surface area (Å²) in [6, 6.07) is 5.06. The first-order chi connectivity index (χ1) is 11.1. The molecule has 1 aliphatic rings. The minimum Gasteiger partial charge on any atom is -0.492 e. The van der Waals surface area contributed by atoms with Gasteiger partial charge in [0.2, 0.25) is 11.8 Å². The molecule has 1 N–H and O–H groups in total. The van der Waals surface area contributed by atoms with Crippen molar-refractivity contribution in [2.24, 2.45) is 0 Å². The molecule has 1 saturated heterocycles. The molecule has 7 heteroatoms. The fraction of sp³-hybridized carbons (Fsp3) is 0.500. The second kappa shape index (κ2) is 8.99. The fourth-order valence-electron chi connectivity index (χ4n) is 2.34. The van der Waals surface area contributed by atoms with Crippen molar-refractivity contribution in [2.75, 3.05) is 26.2 Å². The van der Waals surface area contributed by atoms with Gasteiger partial charge in [0.05, 0.1) is 11.6 Å². The molecule has 23 heavy (non-hydrogen) atoms. The Balaban J connectivity index is 1.56. The number of nitrogens with zero attached hydrogens (tertiary/aromatic N) is 1. The Morgan fingerprint density at radius 2 is 2.17 bits per heavy atom. The third-order valence-corrected chi connectivity index (χ3v) is 4.11. The quantitative estimate of drug-likeness (QED) is 0.726. The average molecular weight is 359 g/mol. The third kappa shape index (κ3) is 5.92. The van der Waals surface area contributed by atoms with Crippen LogP contribution in [0.15, 0.2) is 18.2 Å². The van der Waals surface area contributed by atoms with E-state index in [1.54, 1.807) is 23.1 Å². The van der Waals surface area contributed by atoms with Crippen LogP contribution in [0.2, 0.25) is 10.0 Å². The lowest BCUT2D eigenvalue weighted by atomic mass is 10.3. The highest BCUT2D eigenvalue weighted by Gasteiger charge is 2.20. The van der Waals surface area contributed by atoms with Crippen LogP contribution in [0.4, 0.5) is 0 Å². The summed E-state index contributed by atoms with van der Waals surface area (Å²) >= 11 is 11.8. The van der Waals surface area contributed by atoms with E-state index in [4.69, 9.17) is 27.9 Å². The number of nitrogens with one attached hydrogen (secondary N) is 1. The van der Waals surface area contributed by atoms with Crippen LogP contribution in [0, 0.1) is 0 Å². The minimum atomic E-state index is -0.0470. The number of rotatable bonds is 8. The van der Waals surface area contributed by atoms with Crippen molar-refractivity contribution < 1.29 is 14.3 Å². The molecule has 0 radical (unpaired) electrons. The van der Waals surface area contributed by atoms with Gasteiger partial charge in [-0.25, -0.2) is 0 Å². The Morgan fingerprint density at radius 3 is 2.87 bits per heavy atom. The molecule has 0 spiro atoms. The molecule has 0 saturated carbocycles. The smallest absolute Gasteiger partial charge is 0.222 e. The number of hydrogen-bond donors (Lipinski definition) is 1. The summed E-state index contributed by atoms with van der Waals surface area (Å²) in [7, 11) is 0. The van der Waals surface area contributed by atoms with Crippen LogP contribution in [0.5, 0.6) is 5.75 Å². The topological polar surface area (TPSA) is 58.6 Å². The van der Waals surface area contributed by atoms with Crippen molar-refractivity contribution in [3.63, 3.8) is 0 Å². The van der Waals surface area contributed by atoms with Gasteiger partial charge in [-0.05, 0) is 31.0 Å².